The second-order valence-corrected chi connectivity index (χ2v) is 1.73. The average molecular weight is 127 g/mol. The van der Waals surface area contributed by atoms with E-state index in [-0.39, 0.29) is 6.61 Å². The van der Waals surface area contributed by atoms with Gasteiger partial charge in [0, 0.05) is 5.56 Å². The van der Waals surface area contributed by atoms with Crippen molar-refractivity contribution < 1.29 is 9.52 Å². The number of hydrogen-bond donors (Lipinski definition) is 2. The highest BCUT2D eigenvalue weighted by molar-refractivity contribution is 5.15. The minimum absolute atomic E-state index is 0.00301. The molecule has 0 aliphatic rings. The van der Waals surface area contributed by atoms with Crippen molar-refractivity contribution in [2.45, 2.75) is 13.2 Å². The van der Waals surface area contributed by atoms with E-state index in [4.69, 9.17) is 15.3 Å². The fourth-order valence-electron chi connectivity index (χ4n) is 0.687. The van der Waals surface area contributed by atoms with E-state index in [0.29, 0.717) is 12.3 Å². The Hall–Kier alpha value is -0.800. The Morgan fingerprint density at radius 1 is 1.67 bits per heavy atom. The molecule has 0 spiro atoms. The van der Waals surface area contributed by atoms with E-state index in [1.165, 1.54) is 6.26 Å². The Morgan fingerprint density at radius 3 is 2.89 bits per heavy atom. The Balaban J connectivity index is 2.85. The molecule has 0 atom stereocenters. The van der Waals surface area contributed by atoms with Gasteiger partial charge in [0.15, 0.2) is 0 Å². The van der Waals surface area contributed by atoms with E-state index in [0.717, 1.165) is 5.56 Å². The standard InChI is InChI=1S/C6H9NO2/c7-3-6-5(4-8)1-2-9-6/h1-2,8H,3-4,7H2. The molecule has 3 N–H and O–H groups in total. The van der Waals surface area contributed by atoms with Crippen molar-refractivity contribution in [3.63, 3.8) is 0 Å². The van der Waals surface area contributed by atoms with Gasteiger partial charge in [-0.15, -0.1) is 0 Å². The van der Waals surface area contributed by atoms with Crippen LogP contribution in [-0.4, -0.2) is 5.11 Å². The molecule has 1 rings (SSSR count). The van der Waals surface area contributed by atoms with Crippen molar-refractivity contribution in [1.82, 2.24) is 0 Å². The van der Waals surface area contributed by atoms with Crippen LogP contribution in [-0.2, 0) is 13.2 Å². The molecule has 0 bridgehead atoms. The van der Waals surface area contributed by atoms with E-state index >= 15 is 0 Å². The summed E-state index contributed by atoms with van der Waals surface area (Å²) in [5.74, 6) is 0.664. The molecule has 3 nitrogen and oxygen atoms in total. The summed E-state index contributed by atoms with van der Waals surface area (Å²) in [5.41, 5.74) is 6.04. The first kappa shape index (κ1) is 6.32. The van der Waals surface area contributed by atoms with Crippen LogP contribution in [0.3, 0.4) is 0 Å². The van der Waals surface area contributed by atoms with E-state index in [1.54, 1.807) is 6.07 Å². The number of nitrogens with two attached hydrogens (primary N) is 1. The van der Waals surface area contributed by atoms with Gasteiger partial charge in [0.2, 0.25) is 0 Å². The molecule has 0 fully saturated rings. The number of aliphatic hydroxyl groups excluding tert-OH is 1. The van der Waals surface area contributed by atoms with Crippen LogP contribution in [0.1, 0.15) is 11.3 Å². The van der Waals surface area contributed by atoms with E-state index in [2.05, 4.69) is 0 Å². The molecule has 9 heavy (non-hydrogen) atoms. The summed E-state index contributed by atoms with van der Waals surface area (Å²) in [6, 6.07) is 1.71. The lowest BCUT2D eigenvalue weighted by atomic mass is 10.3. The molecule has 0 saturated heterocycles. The largest absolute Gasteiger partial charge is 0.468 e. The maximum Gasteiger partial charge on any atom is 0.122 e. The van der Waals surface area contributed by atoms with Gasteiger partial charge in [0.1, 0.15) is 5.76 Å². The number of rotatable bonds is 2. The van der Waals surface area contributed by atoms with Crippen LogP contribution >= 0.6 is 0 Å². The normalized spacial score (nSPS) is 10.0. The highest BCUT2D eigenvalue weighted by atomic mass is 16.3. The zero-order valence-corrected chi connectivity index (χ0v) is 5.00. The number of aliphatic hydroxyl groups is 1. The first-order chi connectivity index (χ1) is 4.38. The lowest BCUT2D eigenvalue weighted by Crippen LogP contribution is -1.97. The van der Waals surface area contributed by atoms with Crippen molar-refractivity contribution in [2.75, 3.05) is 0 Å². The SMILES string of the molecule is NCc1occc1CO. The second kappa shape index (κ2) is 2.66. The highest BCUT2D eigenvalue weighted by Gasteiger charge is 2.00. The molecule has 0 amide bonds. The molecule has 50 valence electrons. The Morgan fingerprint density at radius 2 is 2.44 bits per heavy atom. The summed E-state index contributed by atoms with van der Waals surface area (Å²) in [4.78, 5) is 0. The van der Waals surface area contributed by atoms with Gasteiger partial charge in [-0.1, -0.05) is 0 Å². The van der Waals surface area contributed by atoms with Gasteiger partial charge in [-0.2, -0.15) is 0 Å². The van der Waals surface area contributed by atoms with Crippen LogP contribution in [0.5, 0.6) is 0 Å². The van der Waals surface area contributed by atoms with Gasteiger partial charge in [-0.3, -0.25) is 0 Å². The molecule has 1 heterocycles. The predicted molar refractivity (Wildman–Crippen MR) is 32.5 cm³/mol. The van der Waals surface area contributed by atoms with Crippen LogP contribution in [0.15, 0.2) is 16.7 Å². The fraction of sp³-hybridized carbons (Fsp3) is 0.333. The van der Waals surface area contributed by atoms with Crippen molar-refractivity contribution >= 4 is 0 Å². The molecule has 0 radical (unpaired) electrons. The fourth-order valence-corrected chi connectivity index (χ4v) is 0.687. The van der Waals surface area contributed by atoms with Gasteiger partial charge in [-0.05, 0) is 6.07 Å². The summed E-state index contributed by atoms with van der Waals surface area (Å²) in [6.45, 7) is 0.353. The van der Waals surface area contributed by atoms with Crippen LogP contribution in [0.25, 0.3) is 0 Å². The van der Waals surface area contributed by atoms with E-state index in [9.17, 15) is 0 Å². The Labute approximate surface area is 53.1 Å². The van der Waals surface area contributed by atoms with E-state index < -0.39 is 0 Å². The molecular weight excluding hydrogens is 118 g/mol. The van der Waals surface area contributed by atoms with Gasteiger partial charge in [0.05, 0.1) is 19.4 Å². The summed E-state index contributed by atoms with van der Waals surface area (Å²) in [7, 11) is 0. The second-order valence-electron chi connectivity index (χ2n) is 1.73. The van der Waals surface area contributed by atoms with Crippen LogP contribution < -0.4 is 5.73 Å². The maximum absolute atomic E-state index is 8.62. The van der Waals surface area contributed by atoms with Crippen LogP contribution in [0.2, 0.25) is 0 Å². The molecular formula is C6H9NO2. The Kier molecular flexibility index (Phi) is 1.87. The number of hydrogen-bond acceptors (Lipinski definition) is 3. The maximum atomic E-state index is 8.62. The van der Waals surface area contributed by atoms with Crippen molar-refractivity contribution in [2.24, 2.45) is 5.73 Å². The van der Waals surface area contributed by atoms with Gasteiger partial charge < -0.3 is 15.3 Å². The zero-order valence-electron chi connectivity index (χ0n) is 5.00. The third-order valence-corrected chi connectivity index (χ3v) is 1.19. The Bertz CT molecular complexity index is 164. The molecule has 0 saturated carbocycles. The van der Waals surface area contributed by atoms with Crippen LogP contribution in [0, 0.1) is 0 Å². The summed E-state index contributed by atoms with van der Waals surface area (Å²) in [6.07, 6.45) is 1.52. The molecule has 0 aromatic carbocycles. The monoisotopic (exact) mass is 127 g/mol. The van der Waals surface area contributed by atoms with Gasteiger partial charge >= 0.3 is 0 Å². The minimum Gasteiger partial charge on any atom is -0.468 e. The molecule has 0 aliphatic carbocycles. The van der Waals surface area contributed by atoms with Crippen molar-refractivity contribution in [1.29, 1.82) is 0 Å². The molecule has 0 aliphatic heterocycles. The van der Waals surface area contributed by atoms with E-state index in [1.807, 2.05) is 0 Å². The highest BCUT2D eigenvalue weighted by Crippen LogP contribution is 2.08. The summed E-state index contributed by atoms with van der Waals surface area (Å²) < 4.78 is 4.92. The first-order valence-corrected chi connectivity index (χ1v) is 2.74. The summed E-state index contributed by atoms with van der Waals surface area (Å²) >= 11 is 0. The lowest BCUT2D eigenvalue weighted by molar-refractivity contribution is 0.278. The molecule has 0 unspecified atom stereocenters. The zero-order chi connectivity index (χ0) is 6.69. The van der Waals surface area contributed by atoms with Crippen molar-refractivity contribution in [3.8, 4) is 0 Å². The first-order valence-electron chi connectivity index (χ1n) is 2.74. The van der Waals surface area contributed by atoms with Crippen LogP contribution in [0.4, 0.5) is 0 Å². The molecule has 1 aromatic heterocycles. The topological polar surface area (TPSA) is 59.4 Å². The molecule has 1 aromatic rings. The third kappa shape index (κ3) is 1.12. The van der Waals surface area contributed by atoms with Gasteiger partial charge in [0.25, 0.3) is 0 Å². The lowest BCUT2D eigenvalue weighted by Gasteiger charge is -1.91. The van der Waals surface area contributed by atoms with Gasteiger partial charge in [-0.25, -0.2) is 0 Å². The minimum atomic E-state index is 0.00301. The number of furan rings is 1. The smallest absolute Gasteiger partial charge is 0.122 e. The average Bonchev–Trinajstić information content (AvgIpc) is 2.33. The summed E-state index contributed by atoms with van der Waals surface area (Å²) in [5, 5.41) is 8.62. The molecule has 3 heteroatoms. The van der Waals surface area contributed by atoms with Crippen molar-refractivity contribution in [3.05, 3.63) is 23.7 Å². The third-order valence-electron chi connectivity index (χ3n) is 1.19. The predicted octanol–water partition coefficient (Wildman–Crippen LogP) is 0.231. The quantitative estimate of drug-likeness (QED) is 0.597.